The summed E-state index contributed by atoms with van der Waals surface area (Å²) in [5, 5.41) is 3.99. The van der Waals surface area contributed by atoms with Gasteiger partial charge >= 0.3 is 0 Å². The van der Waals surface area contributed by atoms with Gasteiger partial charge in [-0.15, -0.1) is 0 Å². The molecule has 0 aliphatic carbocycles. The molecule has 0 aliphatic rings. The van der Waals surface area contributed by atoms with Crippen molar-refractivity contribution in [2.24, 2.45) is 5.73 Å². The zero-order chi connectivity index (χ0) is 17.1. The highest BCUT2D eigenvalue weighted by Gasteiger charge is 2.16. The van der Waals surface area contributed by atoms with Crippen molar-refractivity contribution in [1.82, 2.24) is 4.98 Å². The second-order valence-corrected chi connectivity index (χ2v) is 5.78. The Labute approximate surface area is 143 Å². The molecule has 3 rings (SSSR count). The van der Waals surface area contributed by atoms with E-state index in [0.717, 1.165) is 10.9 Å². The summed E-state index contributed by atoms with van der Waals surface area (Å²) in [5.41, 5.74) is 7.37. The molecule has 24 heavy (non-hydrogen) atoms. The summed E-state index contributed by atoms with van der Waals surface area (Å²) in [7, 11) is 0. The number of carbonyl (C=O) groups is 1. The van der Waals surface area contributed by atoms with Crippen molar-refractivity contribution in [2.45, 2.75) is 6.42 Å². The summed E-state index contributed by atoms with van der Waals surface area (Å²) < 4.78 is 0. The Morgan fingerprint density at radius 3 is 2.62 bits per heavy atom. The first kappa shape index (κ1) is 16.2. The van der Waals surface area contributed by atoms with Crippen LogP contribution in [0.15, 0.2) is 53.3 Å². The predicted octanol–water partition coefficient (Wildman–Crippen LogP) is 3.14. The van der Waals surface area contributed by atoms with Crippen molar-refractivity contribution >= 4 is 34.1 Å². The summed E-state index contributed by atoms with van der Waals surface area (Å²) in [6.07, 6.45) is 0.140. The Hall–Kier alpha value is -2.63. The normalized spacial score (nSPS) is 10.8. The van der Waals surface area contributed by atoms with Crippen LogP contribution in [-0.4, -0.2) is 17.4 Å². The van der Waals surface area contributed by atoms with Crippen LogP contribution in [0.1, 0.15) is 6.42 Å². The van der Waals surface area contributed by atoms with E-state index in [1.165, 1.54) is 0 Å². The number of H-pyrrole nitrogens is 1. The van der Waals surface area contributed by atoms with Gasteiger partial charge < -0.3 is 16.0 Å². The van der Waals surface area contributed by atoms with Gasteiger partial charge in [0.15, 0.2) is 0 Å². The Bertz CT molecular complexity index is 952. The monoisotopic (exact) mass is 341 g/mol. The topological polar surface area (TPSA) is 88.0 Å². The summed E-state index contributed by atoms with van der Waals surface area (Å²) in [5.74, 6) is -0.304. The molecule has 0 radical (unpaired) electrons. The number of carbonyl (C=O) groups excluding carboxylic acids is 1. The lowest BCUT2D eigenvalue weighted by Gasteiger charge is -2.14. The van der Waals surface area contributed by atoms with Gasteiger partial charge in [-0.05, 0) is 23.8 Å². The van der Waals surface area contributed by atoms with Gasteiger partial charge in [0.2, 0.25) is 5.91 Å². The van der Waals surface area contributed by atoms with Crippen molar-refractivity contribution in [1.29, 1.82) is 0 Å². The van der Waals surface area contributed by atoms with E-state index >= 15 is 0 Å². The molecule has 5 nitrogen and oxygen atoms in total. The molecule has 0 spiro atoms. The maximum Gasteiger partial charge on any atom is 0.272 e. The molecule has 1 aromatic heterocycles. The summed E-state index contributed by atoms with van der Waals surface area (Å²) in [6, 6.07) is 14.6. The maximum atomic E-state index is 12.5. The molecule has 4 N–H and O–H groups in total. The molecule has 3 aromatic rings. The third-order valence-corrected chi connectivity index (χ3v) is 3.91. The number of halogens is 1. The van der Waals surface area contributed by atoms with E-state index in [9.17, 15) is 9.59 Å². The largest absolute Gasteiger partial charge is 0.330 e. The van der Waals surface area contributed by atoms with Crippen molar-refractivity contribution in [3.63, 3.8) is 0 Å². The Morgan fingerprint density at radius 1 is 1.17 bits per heavy atom. The molecule has 6 heteroatoms. The number of hydrogen-bond donors (Lipinski definition) is 3. The molecule has 122 valence electrons. The molecule has 1 amide bonds. The van der Waals surface area contributed by atoms with Gasteiger partial charge in [0.25, 0.3) is 5.56 Å². The fourth-order valence-corrected chi connectivity index (χ4v) is 2.79. The smallest absolute Gasteiger partial charge is 0.272 e. The molecule has 0 saturated heterocycles. The van der Waals surface area contributed by atoms with Gasteiger partial charge in [0, 0.05) is 34.5 Å². The minimum Gasteiger partial charge on any atom is -0.330 e. The standard InChI is InChI=1S/C18H16ClN3O2/c19-12-6-7-14-13(10-12)16(11-4-2-1-3-5-11)17(18(24)21-14)22-15(23)8-9-20/h1-7,10H,8-9,20H2,(H,21,24)(H,22,23). The van der Waals surface area contributed by atoms with Gasteiger partial charge in [-0.2, -0.15) is 0 Å². The lowest BCUT2D eigenvalue weighted by atomic mass is 9.99. The number of pyridine rings is 1. The molecular formula is C18H16ClN3O2. The van der Waals surface area contributed by atoms with Crippen LogP contribution in [0.4, 0.5) is 5.69 Å². The molecule has 0 unspecified atom stereocenters. The molecular weight excluding hydrogens is 326 g/mol. The highest BCUT2D eigenvalue weighted by atomic mass is 35.5. The lowest BCUT2D eigenvalue weighted by Crippen LogP contribution is -2.23. The first-order valence-electron chi connectivity index (χ1n) is 7.51. The average molecular weight is 342 g/mol. The second-order valence-electron chi connectivity index (χ2n) is 5.35. The zero-order valence-electron chi connectivity index (χ0n) is 12.8. The zero-order valence-corrected chi connectivity index (χ0v) is 13.6. The van der Waals surface area contributed by atoms with Crippen molar-refractivity contribution < 1.29 is 4.79 Å². The highest BCUT2D eigenvalue weighted by Crippen LogP contribution is 2.33. The van der Waals surface area contributed by atoms with E-state index in [1.54, 1.807) is 18.2 Å². The number of amides is 1. The Morgan fingerprint density at radius 2 is 1.92 bits per heavy atom. The van der Waals surface area contributed by atoms with Crippen LogP contribution in [0.3, 0.4) is 0 Å². The SMILES string of the molecule is NCCC(=O)Nc1c(-c2ccccc2)c2cc(Cl)ccc2[nH]c1=O. The van der Waals surface area contributed by atoms with E-state index in [1.807, 2.05) is 30.3 Å². The minimum atomic E-state index is -0.367. The quantitative estimate of drug-likeness (QED) is 0.681. The lowest BCUT2D eigenvalue weighted by molar-refractivity contribution is -0.116. The number of hydrogen-bond acceptors (Lipinski definition) is 3. The molecule has 2 aromatic carbocycles. The van der Waals surface area contributed by atoms with Crippen molar-refractivity contribution in [3.05, 3.63) is 63.9 Å². The molecule has 0 bridgehead atoms. The number of aromatic nitrogens is 1. The van der Waals surface area contributed by atoms with Gasteiger partial charge in [-0.1, -0.05) is 41.9 Å². The van der Waals surface area contributed by atoms with Crippen LogP contribution in [0.2, 0.25) is 5.02 Å². The van der Waals surface area contributed by atoms with Gasteiger partial charge in [0.1, 0.15) is 5.69 Å². The number of benzene rings is 2. The summed E-state index contributed by atoms with van der Waals surface area (Å²) >= 11 is 6.13. The van der Waals surface area contributed by atoms with Gasteiger partial charge in [-0.3, -0.25) is 9.59 Å². The van der Waals surface area contributed by atoms with Gasteiger partial charge in [0.05, 0.1) is 0 Å². The van der Waals surface area contributed by atoms with Crippen molar-refractivity contribution in [3.8, 4) is 11.1 Å². The number of anilines is 1. The van der Waals surface area contributed by atoms with E-state index in [0.29, 0.717) is 16.1 Å². The van der Waals surface area contributed by atoms with E-state index < -0.39 is 0 Å². The molecule has 1 heterocycles. The first-order chi connectivity index (χ1) is 11.6. The molecule has 0 atom stereocenters. The Kier molecular flexibility index (Phi) is 4.64. The number of nitrogens with two attached hydrogens (primary N) is 1. The third kappa shape index (κ3) is 3.18. The third-order valence-electron chi connectivity index (χ3n) is 3.67. The van der Waals surface area contributed by atoms with E-state index in [4.69, 9.17) is 17.3 Å². The van der Waals surface area contributed by atoms with Crippen LogP contribution in [0.25, 0.3) is 22.0 Å². The number of fused-ring (bicyclic) bond motifs is 1. The van der Waals surface area contributed by atoms with E-state index in [2.05, 4.69) is 10.3 Å². The molecule has 0 fully saturated rings. The number of rotatable bonds is 4. The van der Waals surface area contributed by atoms with Crippen LogP contribution in [-0.2, 0) is 4.79 Å². The van der Waals surface area contributed by atoms with Crippen molar-refractivity contribution in [2.75, 3.05) is 11.9 Å². The number of nitrogens with one attached hydrogen (secondary N) is 2. The first-order valence-corrected chi connectivity index (χ1v) is 7.89. The van der Waals surface area contributed by atoms with Crippen LogP contribution >= 0.6 is 11.6 Å². The van der Waals surface area contributed by atoms with E-state index in [-0.39, 0.29) is 30.1 Å². The maximum absolute atomic E-state index is 12.5. The number of aromatic amines is 1. The van der Waals surface area contributed by atoms with Crippen LogP contribution < -0.4 is 16.6 Å². The molecule has 0 aliphatic heterocycles. The summed E-state index contributed by atoms with van der Waals surface area (Å²) in [6.45, 7) is 0.212. The second kappa shape index (κ2) is 6.86. The highest BCUT2D eigenvalue weighted by molar-refractivity contribution is 6.31. The minimum absolute atomic E-state index is 0.140. The molecule has 0 saturated carbocycles. The fourth-order valence-electron chi connectivity index (χ4n) is 2.62. The summed E-state index contributed by atoms with van der Waals surface area (Å²) in [4.78, 5) is 27.3. The van der Waals surface area contributed by atoms with Crippen LogP contribution in [0.5, 0.6) is 0 Å². The fraction of sp³-hybridized carbons (Fsp3) is 0.111. The Balaban J connectivity index is 2.31. The van der Waals surface area contributed by atoms with Gasteiger partial charge in [-0.25, -0.2) is 0 Å². The average Bonchev–Trinajstić information content (AvgIpc) is 2.57. The van der Waals surface area contributed by atoms with Crippen LogP contribution in [0, 0.1) is 0 Å². The predicted molar refractivity (Wildman–Crippen MR) is 97.3 cm³/mol.